The number of aromatic nitrogens is 1. The summed E-state index contributed by atoms with van der Waals surface area (Å²) in [5, 5.41) is 10.4. The Bertz CT molecular complexity index is 1100. The number of hydrogen-bond donors (Lipinski definition) is 1. The van der Waals surface area contributed by atoms with Gasteiger partial charge in [0.25, 0.3) is 5.56 Å². The van der Waals surface area contributed by atoms with Gasteiger partial charge in [0.2, 0.25) is 5.91 Å². The molecule has 2 saturated heterocycles. The van der Waals surface area contributed by atoms with E-state index in [9.17, 15) is 19.1 Å². The van der Waals surface area contributed by atoms with Crippen molar-refractivity contribution >= 4 is 5.91 Å². The number of carbonyl (C=O) groups excluding carboxylic acids is 1. The topological polar surface area (TPSA) is 75.0 Å². The highest BCUT2D eigenvalue weighted by Crippen LogP contribution is 2.49. The number of fused-ring (bicyclic) bond motifs is 3. The van der Waals surface area contributed by atoms with E-state index in [1.165, 1.54) is 6.07 Å². The Morgan fingerprint density at radius 2 is 1.91 bits per heavy atom. The van der Waals surface area contributed by atoms with Crippen molar-refractivity contribution in [2.75, 3.05) is 39.5 Å². The summed E-state index contributed by atoms with van der Waals surface area (Å²) in [6, 6.07) is 9.35. The maximum atomic E-state index is 14.4. The van der Waals surface area contributed by atoms with Gasteiger partial charge >= 0.3 is 0 Å². The monoisotopic (exact) mass is 455 g/mol. The van der Waals surface area contributed by atoms with Crippen molar-refractivity contribution in [3.63, 3.8) is 0 Å². The average molecular weight is 456 g/mol. The number of likely N-dealkylation sites (tertiary alicyclic amines) is 1. The number of pyridine rings is 1. The highest BCUT2D eigenvalue weighted by molar-refractivity contribution is 5.83. The summed E-state index contributed by atoms with van der Waals surface area (Å²) in [7, 11) is 0. The largest absolute Gasteiger partial charge is 0.396 e. The number of hydrogen-bond acceptors (Lipinski definition) is 5. The number of nitrogens with zero attached hydrogens (tertiary/aromatic N) is 3. The molecule has 0 spiro atoms. The molecule has 33 heavy (non-hydrogen) atoms. The van der Waals surface area contributed by atoms with Crippen LogP contribution in [0.4, 0.5) is 4.39 Å². The zero-order valence-corrected chi connectivity index (χ0v) is 18.8. The number of morpholine rings is 1. The lowest BCUT2D eigenvalue weighted by molar-refractivity contribution is -0.142. The van der Waals surface area contributed by atoms with E-state index in [-0.39, 0.29) is 36.0 Å². The third-order valence-corrected chi connectivity index (χ3v) is 7.41. The molecule has 1 aromatic heterocycles. The second-order valence-electron chi connectivity index (χ2n) is 9.14. The molecule has 4 heterocycles. The standard InChI is InChI=1S/C25H30FN3O4/c1-2-9-28-22-18(19(15-30)23(28)25(32)27-10-12-33-13-11-27)14-29-21(22)8-7-17(24(29)31)16-5-3-4-6-20(16)26/h3-8,18-19,22-23,30H,2,9-15H2,1H3/t18-,19-,22+,23-/m0/s1. The minimum absolute atomic E-state index is 0.0390. The molecule has 1 aromatic carbocycles. The molecule has 3 aliphatic rings. The first-order chi connectivity index (χ1) is 16.1. The van der Waals surface area contributed by atoms with Crippen LogP contribution in [0.15, 0.2) is 41.2 Å². The molecule has 4 atom stereocenters. The first-order valence-electron chi connectivity index (χ1n) is 11.8. The summed E-state index contributed by atoms with van der Waals surface area (Å²) in [4.78, 5) is 31.0. The molecule has 1 amide bonds. The van der Waals surface area contributed by atoms with Gasteiger partial charge in [0, 0.05) is 49.3 Å². The summed E-state index contributed by atoms with van der Waals surface area (Å²) in [6.45, 7) is 5.24. The third-order valence-electron chi connectivity index (χ3n) is 7.41. The fourth-order valence-corrected chi connectivity index (χ4v) is 5.96. The lowest BCUT2D eigenvalue weighted by Gasteiger charge is -2.36. The van der Waals surface area contributed by atoms with E-state index in [4.69, 9.17) is 4.74 Å². The second-order valence-corrected chi connectivity index (χ2v) is 9.14. The number of aliphatic hydroxyl groups excluding tert-OH is 1. The van der Waals surface area contributed by atoms with Crippen molar-refractivity contribution in [2.24, 2.45) is 11.8 Å². The van der Waals surface area contributed by atoms with Crippen molar-refractivity contribution in [1.82, 2.24) is 14.4 Å². The Hall–Kier alpha value is -2.55. The summed E-state index contributed by atoms with van der Waals surface area (Å²) in [6.07, 6.45) is 0.853. The molecule has 0 bridgehead atoms. The predicted molar refractivity (Wildman–Crippen MR) is 121 cm³/mol. The van der Waals surface area contributed by atoms with Crippen molar-refractivity contribution in [1.29, 1.82) is 0 Å². The van der Waals surface area contributed by atoms with Gasteiger partial charge in [-0.1, -0.05) is 25.1 Å². The van der Waals surface area contributed by atoms with Crippen molar-refractivity contribution < 1.29 is 19.0 Å². The molecule has 7 nitrogen and oxygen atoms in total. The Balaban J connectivity index is 1.54. The summed E-state index contributed by atoms with van der Waals surface area (Å²) in [5.41, 5.74) is 1.24. The second kappa shape index (κ2) is 9.00. The lowest BCUT2D eigenvalue weighted by Crippen LogP contribution is -2.53. The van der Waals surface area contributed by atoms with E-state index in [0.29, 0.717) is 50.5 Å². The SMILES string of the molecule is CCCN1[C@H](C(=O)N2CCOCC2)[C@@H](CO)[C@@H]2Cn3c(ccc(-c4ccccc4F)c3=O)[C@@H]21. The minimum Gasteiger partial charge on any atom is -0.396 e. The fourth-order valence-electron chi connectivity index (χ4n) is 5.96. The van der Waals surface area contributed by atoms with Crippen LogP contribution in [-0.4, -0.2) is 70.9 Å². The van der Waals surface area contributed by atoms with Crippen LogP contribution in [-0.2, 0) is 16.1 Å². The number of aliphatic hydroxyl groups is 1. The number of halogens is 1. The molecule has 1 N–H and O–H groups in total. The fraction of sp³-hybridized carbons (Fsp3) is 0.520. The Morgan fingerprint density at radius 3 is 2.61 bits per heavy atom. The van der Waals surface area contributed by atoms with Crippen LogP contribution in [0, 0.1) is 17.7 Å². The normalized spacial score (nSPS) is 26.9. The number of carbonyl (C=O) groups is 1. The Labute approximate surface area is 192 Å². The zero-order valence-electron chi connectivity index (χ0n) is 18.8. The van der Waals surface area contributed by atoms with E-state index >= 15 is 0 Å². The molecule has 0 saturated carbocycles. The molecule has 5 rings (SSSR count). The lowest BCUT2D eigenvalue weighted by atomic mass is 9.88. The number of benzene rings is 1. The molecule has 176 valence electrons. The Morgan fingerprint density at radius 1 is 1.15 bits per heavy atom. The smallest absolute Gasteiger partial charge is 0.258 e. The van der Waals surface area contributed by atoms with Gasteiger partial charge in [-0.15, -0.1) is 0 Å². The van der Waals surface area contributed by atoms with E-state index in [2.05, 4.69) is 11.8 Å². The highest BCUT2D eigenvalue weighted by Gasteiger charge is 2.56. The first-order valence-corrected chi connectivity index (χ1v) is 11.8. The quantitative estimate of drug-likeness (QED) is 0.745. The van der Waals surface area contributed by atoms with Crippen molar-refractivity contribution in [3.05, 3.63) is 58.3 Å². The van der Waals surface area contributed by atoms with E-state index in [0.717, 1.165) is 12.1 Å². The maximum absolute atomic E-state index is 14.4. The molecule has 0 unspecified atom stereocenters. The average Bonchev–Trinajstić information content (AvgIpc) is 3.36. The highest BCUT2D eigenvalue weighted by atomic mass is 19.1. The van der Waals surface area contributed by atoms with E-state index in [1.807, 2.05) is 11.0 Å². The molecule has 0 aliphatic carbocycles. The van der Waals surface area contributed by atoms with Gasteiger partial charge in [-0.2, -0.15) is 0 Å². The van der Waals surface area contributed by atoms with Crippen LogP contribution in [0.2, 0.25) is 0 Å². The number of ether oxygens (including phenoxy) is 1. The van der Waals surface area contributed by atoms with Gasteiger partial charge in [-0.05, 0) is 31.2 Å². The van der Waals surface area contributed by atoms with Crippen LogP contribution in [0.5, 0.6) is 0 Å². The van der Waals surface area contributed by atoms with Gasteiger partial charge in [0.05, 0.1) is 30.9 Å². The maximum Gasteiger partial charge on any atom is 0.258 e. The summed E-state index contributed by atoms with van der Waals surface area (Å²) in [5.74, 6) is -0.712. The van der Waals surface area contributed by atoms with Gasteiger partial charge in [-0.3, -0.25) is 14.5 Å². The van der Waals surface area contributed by atoms with Crippen LogP contribution in [0.3, 0.4) is 0 Å². The molecule has 0 radical (unpaired) electrons. The van der Waals surface area contributed by atoms with Gasteiger partial charge < -0.3 is 19.3 Å². The van der Waals surface area contributed by atoms with Crippen LogP contribution >= 0.6 is 0 Å². The molecular formula is C25H30FN3O4. The molecular weight excluding hydrogens is 425 g/mol. The van der Waals surface area contributed by atoms with Gasteiger partial charge in [0.15, 0.2) is 0 Å². The van der Waals surface area contributed by atoms with E-state index in [1.54, 1.807) is 28.8 Å². The minimum atomic E-state index is -0.426. The summed E-state index contributed by atoms with van der Waals surface area (Å²) >= 11 is 0. The van der Waals surface area contributed by atoms with Crippen LogP contribution in [0.25, 0.3) is 11.1 Å². The van der Waals surface area contributed by atoms with Gasteiger partial charge in [-0.25, -0.2) is 4.39 Å². The predicted octanol–water partition coefficient (Wildman–Crippen LogP) is 1.89. The van der Waals surface area contributed by atoms with E-state index < -0.39 is 11.9 Å². The first kappa shape index (κ1) is 22.3. The molecule has 2 fully saturated rings. The van der Waals surface area contributed by atoms with Crippen LogP contribution < -0.4 is 5.56 Å². The van der Waals surface area contributed by atoms with Crippen molar-refractivity contribution in [2.45, 2.75) is 32.0 Å². The summed E-state index contributed by atoms with van der Waals surface area (Å²) < 4.78 is 21.5. The van der Waals surface area contributed by atoms with Gasteiger partial charge in [0.1, 0.15) is 5.82 Å². The molecule has 8 heteroatoms. The number of rotatable bonds is 5. The van der Waals surface area contributed by atoms with Crippen molar-refractivity contribution in [3.8, 4) is 11.1 Å². The Kier molecular flexibility index (Phi) is 6.07. The van der Waals surface area contributed by atoms with Crippen LogP contribution in [0.1, 0.15) is 25.1 Å². The molecule has 2 aromatic rings. The number of amides is 1. The third kappa shape index (κ3) is 3.61. The molecule has 3 aliphatic heterocycles. The zero-order chi connectivity index (χ0) is 23.1.